The Labute approximate surface area is 101 Å². The van der Waals surface area contributed by atoms with E-state index in [4.69, 9.17) is 0 Å². The van der Waals surface area contributed by atoms with E-state index in [0.717, 1.165) is 5.56 Å². The van der Waals surface area contributed by atoms with Crippen LogP contribution < -0.4 is 5.69 Å². The molecule has 0 amide bonds. The lowest BCUT2D eigenvalue weighted by molar-refractivity contribution is 0.726. The number of rotatable bonds is 3. The second kappa shape index (κ2) is 4.95. The van der Waals surface area contributed by atoms with Crippen molar-refractivity contribution in [1.29, 1.82) is 0 Å². The van der Waals surface area contributed by atoms with Crippen LogP contribution in [-0.4, -0.2) is 9.55 Å². The number of aromatic nitrogens is 2. The van der Waals surface area contributed by atoms with Gasteiger partial charge < -0.3 is 0 Å². The molecule has 0 fully saturated rings. The van der Waals surface area contributed by atoms with E-state index >= 15 is 0 Å². The summed E-state index contributed by atoms with van der Waals surface area (Å²) in [6.07, 6.45) is 3.27. The van der Waals surface area contributed by atoms with Gasteiger partial charge in [0.15, 0.2) is 0 Å². The van der Waals surface area contributed by atoms with Crippen molar-refractivity contribution in [1.82, 2.24) is 9.55 Å². The Kier molecular flexibility index (Phi) is 3.38. The molecule has 0 aliphatic rings. The molecule has 1 heterocycles. The molecule has 0 bridgehead atoms. The third-order valence-electron chi connectivity index (χ3n) is 2.78. The van der Waals surface area contributed by atoms with Gasteiger partial charge in [-0.2, -0.15) is 0 Å². The van der Waals surface area contributed by atoms with Crippen molar-refractivity contribution in [3.05, 3.63) is 64.3 Å². The van der Waals surface area contributed by atoms with E-state index in [1.807, 2.05) is 0 Å². The summed E-state index contributed by atoms with van der Waals surface area (Å²) in [5, 5.41) is 0. The van der Waals surface area contributed by atoms with Crippen molar-refractivity contribution in [2.45, 2.75) is 26.3 Å². The highest BCUT2D eigenvalue weighted by molar-refractivity contribution is 5.24. The van der Waals surface area contributed by atoms with Crippen LogP contribution in [0.25, 0.3) is 0 Å². The Bertz CT molecular complexity index is 541. The standard InChI is InChI=1S/C14H16N2O/c1-11(2)13-6-4-12(5-7-13)10-16-9-3-8-15-14(16)17/h3-9,11H,10H2,1-2H3. The maximum Gasteiger partial charge on any atom is 0.347 e. The van der Waals surface area contributed by atoms with Gasteiger partial charge in [0.05, 0.1) is 6.54 Å². The lowest BCUT2D eigenvalue weighted by Gasteiger charge is -2.08. The third kappa shape index (κ3) is 2.81. The van der Waals surface area contributed by atoms with Crippen LogP contribution in [-0.2, 0) is 6.54 Å². The highest BCUT2D eigenvalue weighted by atomic mass is 16.1. The molecule has 2 rings (SSSR count). The summed E-state index contributed by atoms with van der Waals surface area (Å²) < 4.78 is 1.60. The Morgan fingerprint density at radius 3 is 2.53 bits per heavy atom. The van der Waals surface area contributed by atoms with Gasteiger partial charge in [0.25, 0.3) is 0 Å². The minimum absolute atomic E-state index is 0.208. The van der Waals surface area contributed by atoms with Gasteiger partial charge in [-0.25, -0.2) is 9.78 Å². The number of benzene rings is 1. The smallest absolute Gasteiger partial charge is 0.295 e. The van der Waals surface area contributed by atoms with Crippen LogP contribution in [0.1, 0.15) is 30.9 Å². The van der Waals surface area contributed by atoms with Crippen LogP contribution in [0.15, 0.2) is 47.5 Å². The van der Waals surface area contributed by atoms with E-state index in [9.17, 15) is 4.79 Å². The molecule has 88 valence electrons. The van der Waals surface area contributed by atoms with Crippen molar-refractivity contribution in [2.24, 2.45) is 0 Å². The average molecular weight is 228 g/mol. The Morgan fingerprint density at radius 2 is 1.94 bits per heavy atom. The highest BCUT2D eigenvalue weighted by Gasteiger charge is 2.00. The molecule has 0 spiro atoms. The Hall–Kier alpha value is -1.90. The summed E-state index contributed by atoms with van der Waals surface area (Å²) in [6, 6.07) is 10.1. The van der Waals surface area contributed by atoms with E-state index < -0.39 is 0 Å². The van der Waals surface area contributed by atoms with Gasteiger partial charge in [-0.05, 0) is 23.1 Å². The highest BCUT2D eigenvalue weighted by Crippen LogP contribution is 2.14. The predicted molar refractivity (Wildman–Crippen MR) is 68.1 cm³/mol. The van der Waals surface area contributed by atoms with Crippen LogP contribution in [0.4, 0.5) is 0 Å². The first kappa shape index (κ1) is 11.6. The quantitative estimate of drug-likeness (QED) is 0.808. The summed E-state index contributed by atoms with van der Waals surface area (Å²) in [6.45, 7) is 4.91. The van der Waals surface area contributed by atoms with Gasteiger partial charge in [0.1, 0.15) is 0 Å². The maximum atomic E-state index is 11.5. The summed E-state index contributed by atoms with van der Waals surface area (Å²) >= 11 is 0. The van der Waals surface area contributed by atoms with Gasteiger partial charge in [0.2, 0.25) is 0 Å². The topological polar surface area (TPSA) is 34.9 Å². The van der Waals surface area contributed by atoms with Crippen LogP contribution in [0.3, 0.4) is 0 Å². The number of hydrogen-bond acceptors (Lipinski definition) is 2. The van der Waals surface area contributed by atoms with Crippen molar-refractivity contribution >= 4 is 0 Å². The number of hydrogen-bond donors (Lipinski definition) is 0. The molecule has 0 unspecified atom stereocenters. The van der Waals surface area contributed by atoms with Crippen molar-refractivity contribution in [3.8, 4) is 0 Å². The fourth-order valence-electron chi connectivity index (χ4n) is 1.71. The zero-order chi connectivity index (χ0) is 12.3. The first-order valence-electron chi connectivity index (χ1n) is 5.77. The van der Waals surface area contributed by atoms with E-state index in [0.29, 0.717) is 12.5 Å². The first-order valence-corrected chi connectivity index (χ1v) is 5.77. The molecule has 1 aromatic heterocycles. The van der Waals surface area contributed by atoms with Crippen LogP contribution in [0.5, 0.6) is 0 Å². The summed E-state index contributed by atoms with van der Waals surface area (Å²) in [4.78, 5) is 15.2. The third-order valence-corrected chi connectivity index (χ3v) is 2.78. The van der Waals surface area contributed by atoms with Crippen molar-refractivity contribution in [2.75, 3.05) is 0 Å². The molecule has 0 saturated carbocycles. The summed E-state index contributed by atoms with van der Waals surface area (Å²) in [7, 11) is 0. The van der Waals surface area contributed by atoms with E-state index in [2.05, 4.69) is 43.1 Å². The number of nitrogens with zero attached hydrogens (tertiary/aromatic N) is 2. The van der Waals surface area contributed by atoms with E-state index in [1.165, 1.54) is 11.8 Å². The molecular weight excluding hydrogens is 212 g/mol. The van der Waals surface area contributed by atoms with Crippen molar-refractivity contribution < 1.29 is 0 Å². The Morgan fingerprint density at radius 1 is 1.24 bits per heavy atom. The largest absolute Gasteiger partial charge is 0.347 e. The second-order valence-corrected chi connectivity index (χ2v) is 4.43. The van der Waals surface area contributed by atoms with Gasteiger partial charge in [-0.3, -0.25) is 4.57 Å². The zero-order valence-electron chi connectivity index (χ0n) is 10.1. The molecular formula is C14H16N2O. The molecule has 3 heteroatoms. The minimum Gasteiger partial charge on any atom is -0.295 e. The fourth-order valence-corrected chi connectivity index (χ4v) is 1.71. The molecule has 0 aliphatic carbocycles. The molecule has 0 radical (unpaired) electrons. The van der Waals surface area contributed by atoms with E-state index in [1.54, 1.807) is 16.8 Å². The summed E-state index contributed by atoms with van der Waals surface area (Å²) in [5.41, 5.74) is 2.22. The molecule has 0 aliphatic heterocycles. The SMILES string of the molecule is CC(C)c1ccc(Cn2cccnc2=O)cc1. The van der Waals surface area contributed by atoms with Crippen LogP contribution >= 0.6 is 0 Å². The van der Waals surface area contributed by atoms with E-state index in [-0.39, 0.29) is 5.69 Å². The monoisotopic (exact) mass is 228 g/mol. The lowest BCUT2D eigenvalue weighted by Crippen LogP contribution is -2.21. The minimum atomic E-state index is -0.208. The molecule has 0 atom stereocenters. The van der Waals surface area contributed by atoms with Crippen LogP contribution in [0, 0.1) is 0 Å². The van der Waals surface area contributed by atoms with Gasteiger partial charge >= 0.3 is 5.69 Å². The maximum absolute atomic E-state index is 11.5. The van der Waals surface area contributed by atoms with Crippen molar-refractivity contribution in [3.63, 3.8) is 0 Å². The molecule has 0 N–H and O–H groups in total. The summed E-state index contributed by atoms with van der Waals surface area (Å²) in [5.74, 6) is 0.533. The fraction of sp³-hybridized carbons (Fsp3) is 0.286. The lowest BCUT2D eigenvalue weighted by atomic mass is 10.0. The molecule has 17 heavy (non-hydrogen) atoms. The molecule has 0 saturated heterocycles. The van der Waals surface area contributed by atoms with Gasteiger partial charge in [-0.1, -0.05) is 38.1 Å². The average Bonchev–Trinajstić information content (AvgIpc) is 2.33. The Balaban J connectivity index is 2.20. The molecule has 2 aromatic rings. The van der Waals surface area contributed by atoms with Crippen LogP contribution in [0.2, 0.25) is 0 Å². The predicted octanol–water partition coefficient (Wildman–Crippen LogP) is 2.42. The normalized spacial score (nSPS) is 10.8. The zero-order valence-corrected chi connectivity index (χ0v) is 10.1. The van der Waals surface area contributed by atoms with Gasteiger partial charge in [-0.15, -0.1) is 0 Å². The molecule has 1 aromatic carbocycles. The molecule has 3 nitrogen and oxygen atoms in total. The first-order chi connectivity index (χ1) is 8.16. The second-order valence-electron chi connectivity index (χ2n) is 4.43. The van der Waals surface area contributed by atoms with Gasteiger partial charge in [0, 0.05) is 12.4 Å².